The van der Waals surface area contributed by atoms with Crippen molar-refractivity contribution in [1.29, 1.82) is 0 Å². The minimum atomic E-state index is -0.230. The molecule has 25 heavy (non-hydrogen) atoms. The van der Waals surface area contributed by atoms with Gasteiger partial charge in [0.05, 0.1) is 6.61 Å². The van der Waals surface area contributed by atoms with Crippen molar-refractivity contribution in [3.05, 3.63) is 45.7 Å². The molecule has 0 fully saturated rings. The molecule has 6 heteroatoms. The fourth-order valence-electron chi connectivity index (χ4n) is 3.25. The Morgan fingerprint density at radius 1 is 0.960 bits per heavy atom. The van der Waals surface area contributed by atoms with Crippen LogP contribution < -0.4 is 0 Å². The molecule has 0 aliphatic carbocycles. The third-order valence-electron chi connectivity index (χ3n) is 4.57. The Hall–Kier alpha value is -1.40. The summed E-state index contributed by atoms with van der Waals surface area (Å²) in [6, 6.07) is 9.69. The maximum Gasteiger partial charge on any atom is 0.320 e. The Balaban J connectivity index is 1.59. The van der Waals surface area contributed by atoms with Crippen LogP contribution in [0, 0.1) is 11.8 Å². The van der Waals surface area contributed by atoms with Gasteiger partial charge in [-0.25, -0.2) is 0 Å². The summed E-state index contributed by atoms with van der Waals surface area (Å²) in [4.78, 5) is 24.6. The van der Waals surface area contributed by atoms with Gasteiger partial charge in [0.15, 0.2) is 0 Å². The van der Waals surface area contributed by atoms with Crippen molar-refractivity contribution in [2.24, 2.45) is 11.8 Å². The van der Waals surface area contributed by atoms with Crippen LogP contribution in [0.4, 0.5) is 0 Å². The topological polar surface area (TPSA) is 52.6 Å². The summed E-state index contributed by atoms with van der Waals surface area (Å²) in [7, 11) is 0. The lowest BCUT2D eigenvalue weighted by Gasteiger charge is -2.23. The number of ether oxygens (including phenoxy) is 2. The molecular formula is C19H22O4S2. The number of esters is 2. The summed E-state index contributed by atoms with van der Waals surface area (Å²) < 4.78 is 11.8. The van der Waals surface area contributed by atoms with Gasteiger partial charge in [-0.1, -0.05) is 44.2 Å². The Morgan fingerprint density at radius 2 is 1.52 bits per heavy atom. The molecule has 1 aromatic rings. The van der Waals surface area contributed by atoms with E-state index in [0.717, 1.165) is 9.80 Å². The van der Waals surface area contributed by atoms with Crippen LogP contribution >= 0.6 is 23.5 Å². The summed E-state index contributed by atoms with van der Waals surface area (Å²) in [5.74, 6) is -0.180. The van der Waals surface area contributed by atoms with E-state index in [1.165, 1.54) is 29.1 Å². The number of hydrogen-bond donors (Lipinski definition) is 0. The van der Waals surface area contributed by atoms with Crippen molar-refractivity contribution >= 4 is 35.5 Å². The van der Waals surface area contributed by atoms with E-state index in [-0.39, 0.29) is 34.3 Å². The highest BCUT2D eigenvalue weighted by molar-refractivity contribution is 8.23. The zero-order chi connectivity index (χ0) is 18.0. The Bertz CT molecular complexity index is 686. The smallest absolute Gasteiger partial charge is 0.320 e. The molecule has 2 heterocycles. The number of carbonyl (C=O) groups excluding carboxylic acids is 2. The van der Waals surface area contributed by atoms with Crippen molar-refractivity contribution < 1.29 is 19.1 Å². The molecule has 0 aromatic heterocycles. The van der Waals surface area contributed by atoms with Crippen LogP contribution in [-0.4, -0.2) is 29.0 Å². The van der Waals surface area contributed by atoms with Gasteiger partial charge in [-0.15, -0.1) is 23.5 Å². The largest absolute Gasteiger partial charge is 0.465 e. The van der Waals surface area contributed by atoms with E-state index in [1.807, 2.05) is 51.1 Å². The quantitative estimate of drug-likeness (QED) is 0.722. The van der Waals surface area contributed by atoms with Crippen LogP contribution in [0.3, 0.4) is 0 Å². The number of thioether (sulfide) groups is 2. The Labute approximate surface area is 156 Å². The summed E-state index contributed by atoms with van der Waals surface area (Å²) >= 11 is 3.07. The molecule has 0 spiro atoms. The van der Waals surface area contributed by atoms with E-state index < -0.39 is 0 Å². The van der Waals surface area contributed by atoms with Crippen molar-refractivity contribution in [2.45, 2.75) is 37.9 Å². The molecule has 0 amide bonds. The highest BCUT2D eigenvalue weighted by Gasteiger charge is 2.49. The van der Waals surface area contributed by atoms with E-state index in [4.69, 9.17) is 9.47 Å². The van der Waals surface area contributed by atoms with Crippen LogP contribution in [0.25, 0.3) is 0 Å². The monoisotopic (exact) mass is 378 g/mol. The lowest BCUT2D eigenvalue weighted by Crippen LogP contribution is -2.31. The van der Waals surface area contributed by atoms with Gasteiger partial charge in [-0.3, -0.25) is 9.59 Å². The first kappa shape index (κ1) is 18.4. The zero-order valence-electron chi connectivity index (χ0n) is 14.6. The second-order valence-electron chi connectivity index (χ2n) is 6.24. The van der Waals surface area contributed by atoms with Gasteiger partial charge in [-0.05, 0) is 18.1 Å². The minimum absolute atomic E-state index is 0.0743. The van der Waals surface area contributed by atoms with E-state index in [0.29, 0.717) is 13.2 Å². The molecule has 4 nitrogen and oxygen atoms in total. The number of allylic oxidation sites excluding steroid dienone is 1. The van der Waals surface area contributed by atoms with E-state index >= 15 is 0 Å². The highest BCUT2D eigenvalue weighted by Crippen LogP contribution is 2.58. The summed E-state index contributed by atoms with van der Waals surface area (Å²) in [5, 5.41) is -0.423. The number of carbonyl (C=O) groups is 2. The number of hydrogen-bond acceptors (Lipinski definition) is 6. The highest BCUT2D eigenvalue weighted by atomic mass is 32.2. The van der Waals surface area contributed by atoms with Crippen LogP contribution in [0.2, 0.25) is 0 Å². The molecular weight excluding hydrogens is 356 g/mol. The van der Waals surface area contributed by atoms with Crippen molar-refractivity contribution in [3.8, 4) is 0 Å². The van der Waals surface area contributed by atoms with Crippen LogP contribution in [0.5, 0.6) is 0 Å². The second-order valence-corrected chi connectivity index (χ2v) is 8.80. The fraction of sp³-hybridized carbons (Fsp3) is 0.474. The first-order chi connectivity index (χ1) is 12.0. The molecule has 0 bridgehead atoms. The predicted octanol–water partition coefficient (Wildman–Crippen LogP) is 4.01. The second kappa shape index (κ2) is 7.87. The summed E-state index contributed by atoms with van der Waals surface area (Å²) in [6.07, 6.45) is 0. The van der Waals surface area contributed by atoms with Crippen molar-refractivity contribution in [3.63, 3.8) is 0 Å². The number of benzene rings is 1. The van der Waals surface area contributed by atoms with E-state index in [2.05, 4.69) is 0 Å². The first-order valence-electron chi connectivity index (χ1n) is 8.47. The van der Waals surface area contributed by atoms with Gasteiger partial charge in [0.25, 0.3) is 0 Å². The predicted molar refractivity (Wildman–Crippen MR) is 101 cm³/mol. The molecule has 0 N–H and O–H groups in total. The average Bonchev–Trinajstić information content (AvgIpc) is 3.11. The third kappa shape index (κ3) is 3.75. The van der Waals surface area contributed by atoms with Gasteiger partial charge in [0.1, 0.15) is 17.1 Å². The molecule has 1 aromatic carbocycles. The van der Waals surface area contributed by atoms with Crippen molar-refractivity contribution in [2.75, 3.05) is 6.61 Å². The van der Waals surface area contributed by atoms with E-state index in [9.17, 15) is 9.59 Å². The minimum Gasteiger partial charge on any atom is -0.465 e. The Morgan fingerprint density at radius 3 is 2.04 bits per heavy atom. The molecule has 0 saturated carbocycles. The fourth-order valence-corrected chi connectivity index (χ4v) is 6.60. The van der Waals surface area contributed by atoms with Gasteiger partial charge >= 0.3 is 11.9 Å². The molecule has 3 rings (SSSR count). The lowest BCUT2D eigenvalue weighted by molar-refractivity contribution is -0.145. The molecule has 2 aliphatic heterocycles. The van der Waals surface area contributed by atoms with Crippen LogP contribution in [-0.2, 0) is 25.7 Å². The molecule has 4 unspecified atom stereocenters. The third-order valence-corrected chi connectivity index (χ3v) is 7.75. The molecule has 0 saturated heterocycles. The lowest BCUT2D eigenvalue weighted by atomic mass is 9.87. The van der Waals surface area contributed by atoms with Crippen molar-refractivity contribution in [1.82, 2.24) is 0 Å². The maximum absolute atomic E-state index is 12.5. The Kier molecular flexibility index (Phi) is 5.79. The van der Waals surface area contributed by atoms with Crippen LogP contribution in [0.1, 0.15) is 26.3 Å². The van der Waals surface area contributed by atoms with E-state index in [1.54, 1.807) is 0 Å². The van der Waals surface area contributed by atoms with Gasteiger partial charge in [0, 0.05) is 16.1 Å². The van der Waals surface area contributed by atoms with Gasteiger partial charge < -0.3 is 9.47 Å². The van der Waals surface area contributed by atoms with Gasteiger partial charge in [0.2, 0.25) is 0 Å². The van der Waals surface area contributed by atoms with Gasteiger partial charge in [-0.2, -0.15) is 0 Å². The van der Waals surface area contributed by atoms with Crippen LogP contribution in [0.15, 0.2) is 40.1 Å². The molecule has 0 radical (unpaired) electrons. The maximum atomic E-state index is 12.5. The normalized spacial score (nSPS) is 28.0. The zero-order valence-corrected chi connectivity index (χ0v) is 16.2. The average molecular weight is 379 g/mol. The standard InChI is InChI=1S/C19H22O4S2/c1-4-22-17(20)15-11(2)14-12(3)16(25-19(14)24-15)18(21)23-10-13-8-6-5-7-9-13/h5-9,11-12,15-16H,4,10H2,1-3H3. The number of rotatable bonds is 5. The molecule has 4 atom stereocenters. The summed E-state index contributed by atoms with van der Waals surface area (Å²) in [6.45, 7) is 6.60. The first-order valence-corrected chi connectivity index (χ1v) is 10.2. The summed E-state index contributed by atoms with van der Waals surface area (Å²) in [5.41, 5.74) is 2.19. The molecule has 2 aliphatic rings. The SMILES string of the molecule is CCOC(=O)C1SC2=C(C1C)C(C)C(C(=O)OCc1ccccc1)S2. The molecule has 134 valence electrons.